The van der Waals surface area contributed by atoms with Gasteiger partial charge in [0.1, 0.15) is 11.4 Å². The molecule has 10 heteroatoms. The van der Waals surface area contributed by atoms with Crippen molar-refractivity contribution < 1.29 is 23.1 Å². The highest BCUT2D eigenvalue weighted by molar-refractivity contribution is 8.13. The van der Waals surface area contributed by atoms with Crippen molar-refractivity contribution in [2.75, 3.05) is 6.26 Å². The number of nitrogens with one attached hydrogen (secondary N) is 1. The quantitative estimate of drug-likeness (QED) is 0.461. The molecule has 0 bridgehead atoms. The maximum Gasteiger partial charge on any atom is 0.433 e. The van der Waals surface area contributed by atoms with Crippen molar-refractivity contribution in [1.29, 1.82) is 0 Å². The third kappa shape index (κ3) is 4.96. The van der Waals surface area contributed by atoms with Crippen LogP contribution < -0.4 is 5.32 Å². The summed E-state index contributed by atoms with van der Waals surface area (Å²) < 4.78 is 38.4. The van der Waals surface area contributed by atoms with Gasteiger partial charge in [-0.3, -0.25) is 4.79 Å². The van der Waals surface area contributed by atoms with E-state index in [2.05, 4.69) is 15.3 Å². The summed E-state index contributed by atoms with van der Waals surface area (Å²) in [6.07, 6.45) is -3.09. The second-order valence-electron chi connectivity index (χ2n) is 4.90. The zero-order chi connectivity index (χ0) is 19.3. The monoisotopic (exact) mass is 403 g/mol. The highest BCUT2D eigenvalue weighted by atomic mass is 35.5. The summed E-state index contributed by atoms with van der Waals surface area (Å²) in [5.41, 5.74) is -1.14. The third-order valence-electron chi connectivity index (χ3n) is 3.15. The van der Waals surface area contributed by atoms with Crippen LogP contribution in [-0.4, -0.2) is 27.4 Å². The van der Waals surface area contributed by atoms with Crippen LogP contribution in [0.3, 0.4) is 0 Å². The largest absolute Gasteiger partial charge is 0.433 e. The van der Waals surface area contributed by atoms with Gasteiger partial charge in [-0.2, -0.15) is 13.2 Å². The molecule has 0 saturated carbocycles. The smallest absolute Gasteiger partial charge is 0.392 e. The second kappa shape index (κ2) is 8.52. The Morgan fingerprint density at radius 2 is 2.00 bits per heavy atom. The lowest BCUT2D eigenvalue weighted by Crippen LogP contribution is -2.28. The Bertz CT molecular complexity index is 829. The molecule has 0 atom stereocenters. The van der Waals surface area contributed by atoms with E-state index in [-0.39, 0.29) is 16.4 Å². The number of halogens is 4. The maximum absolute atomic E-state index is 12.8. The number of amides is 1. The Labute approximate surface area is 156 Å². The molecule has 1 amide bonds. The molecule has 0 saturated heterocycles. The molecule has 0 unspecified atom stereocenters. The highest BCUT2D eigenvalue weighted by Crippen LogP contribution is 2.35. The van der Waals surface area contributed by atoms with Gasteiger partial charge in [-0.15, -0.1) is 0 Å². The summed E-state index contributed by atoms with van der Waals surface area (Å²) >= 11 is 6.88. The Balaban J connectivity index is 2.38. The van der Waals surface area contributed by atoms with Crippen LogP contribution in [0, 0.1) is 0 Å². The Kier molecular flexibility index (Phi) is 6.63. The molecule has 26 heavy (non-hydrogen) atoms. The number of alkyl halides is 3. The van der Waals surface area contributed by atoms with E-state index >= 15 is 0 Å². The third-order valence-corrected chi connectivity index (χ3v) is 4.00. The van der Waals surface area contributed by atoms with Crippen molar-refractivity contribution in [3.8, 4) is 0 Å². The molecular weight excluding hydrogens is 391 g/mol. The SMILES string of the molecule is CS/C(=N/c1c(CO)cc(C(F)(F)F)nc1Cl)NC(=O)c1ccccc1. The summed E-state index contributed by atoms with van der Waals surface area (Å²) in [5.74, 6) is -0.444. The van der Waals surface area contributed by atoms with E-state index in [1.165, 1.54) is 0 Å². The molecule has 0 spiro atoms. The summed E-state index contributed by atoms with van der Waals surface area (Å²) in [5, 5.41) is 11.5. The zero-order valence-corrected chi connectivity index (χ0v) is 14.9. The van der Waals surface area contributed by atoms with Crippen LogP contribution in [0.2, 0.25) is 5.15 Å². The van der Waals surface area contributed by atoms with Crippen LogP contribution in [0.5, 0.6) is 0 Å². The molecule has 1 aromatic carbocycles. The maximum atomic E-state index is 12.8. The van der Waals surface area contributed by atoms with Gasteiger partial charge in [0.25, 0.3) is 5.91 Å². The lowest BCUT2D eigenvalue weighted by Gasteiger charge is -2.12. The average Bonchev–Trinajstić information content (AvgIpc) is 2.61. The highest BCUT2D eigenvalue weighted by Gasteiger charge is 2.34. The summed E-state index contributed by atoms with van der Waals surface area (Å²) in [6, 6.07) is 8.98. The molecule has 2 aromatic rings. The fourth-order valence-electron chi connectivity index (χ4n) is 1.93. The van der Waals surface area contributed by atoms with Gasteiger partial charge in [0.15, 0.2) is 10.3 Å². The lowest BCUT2D eigenvalue weighted by atomic mass is 10.2. The Morgan fingerprint density at radius 1 is 1.35 bits per heavy atom. The van der Waals surface area contributed by atoms with Crippen LogP contribution in [0.25, 0.3) is 0 Å². The molecule has 1 heterocycles. The van der Waals surface area contributed by atoms with Crippen molar-refractivity contribution >= 4 is 40.1 Å². The molecule has 0 aliphatic rings. The molecular formula is C16H13ClF3N3O2S. The first-order valence-electron chi connectivity index (χ1n) is 7.12. The van der Waals surface area contributed by atoms with Gasteiger partial charge in [-0.25, -0.2) is 9.98 Å². The number of carbonyl (C=O) groups is 1. The fraction of sp³-hybridized carbons (Fsp3) is 0.188. The van der Waals surface area contributed by atoms with Crippen molar-refractivity contribution in [3.05, 3.63) is 58.4 Å². The van der Waals surface area contributed by atoms with E-state index in [4.69, 9.17) is 11.6 Å². The molecule has 5 nitrogen and oxygen atoms in total. The van der Waals surface area contributed by atoms with Gasteiger partial charge in [0.2, 0.25) is 0 Å². The van der Waals surface area contributed by atoms with Crippen LogP contribution in [0.15, 0.2) is 41.4 Å². The van der Waals surface area contributed by atoms with E-state index in [9.17, 15) is 23.1 Å². The van der Waals surface area contributed by atoms with Crippen molar-refractivity contribution in [1.82, 2.24) is 10.3 Å². The summed E-state index contributed by atoms with van der Waals surface area (Å²) in [4.78, 5) is 19.5. The van der Waals surface area contributed by atoms with Gasteiger partial charge in [-0.05, 0) is 24.5 Å². The molecule has 0 fully saturated rings. The average molecular weight is 404 g/mol. The number of aliphatic hydroxyl groups is 1. The number of amidine groups is 1. The number of aliphatic hydroxyl groups excluding tert-OH is 1. The van der Waals surface area contributed by atoms with Gasteiger partial charge in [0.05, 0.1) is 6.61 Å². The van der Waals surface area contributed by atoms with E-state index < -0.39 is 29.5 Å². The first-order chi connectivity index (χ1) is 12.3. The minimum atomic E-state index is -4.71. The number of aliphatic imine (C=N–C) groups is 1. The first-order valence-corrected chi connectivity index (χ1v) is 8.73. The van der Waals surface area contributed by atoms with Crippen LogP contribution in [0.1, 0.15) is 21.6 Å². The molecule has 0 aliphatic heterocycles. The second-order valence-corrected chi connectivity index (χ2v) is 6.06. The lowest BCUT2D eigenvalue weighted by molar-refractivity contribution is -0.141. The minimum absolute atomic E-state index is 0.0945. The summed E-state index contributed by atoms with van der Waals surface area (Å²) in [6.45, 7) is -0.724. The van der Waals surface area contributed by atoms with E-state index in [0.717, 1.165) is 11.8 Å². The number of hydrogen-bond donors (Lipinski definition) is 2. The standard InChI is InChI=1S/C16H13ClF3N3O2S/c1-26-15(23-14(25)9-5-3-2-4-6-9)22-12-10(8-24)7-11(16(18,19)20)21-13(12)17/h2-7,24H,8H2,1H3,(H,22,23,25). The number of hydrogen-bond acceptors (Lipinski definition) is 5. The number of nitrogens with zero attached hydrogens (tertiary/aromatic N) is 2. The zero-order valence-electron chi connectivity index (χ0n) is 13.3. The van der Waals surface area contributed by atoms with Crippen LogP contribution >= 0.6 is 23.4 Å². The molecule has 2 rings (SSSR count). The van der Waals surface area contributed by atoms with Crippen molar-refractivity contribution in [3.63, 3.8) is 0 Å². The number of benzene rings is 1. The summed E-state index contributed by atoms with van der Waals surface area (Å²) in [7, 11) is 0. The molecule has 0 radical (unpaired) electrons. The molecule has 0 aliphatic carbocycles. The number of carbonyl (C=O) groups excluding carboxylic acids is 1. The van der Waals surface area contributed by atoms with Gasteiger partial charge in [0, 0.05) is 11.1 Å². The minimum Gasteiger partial charge on any atom is -0.392 e. The van der Waals surface area contributed by atoms with Crippen molar-refractivity contribution in [2.24, 2.45) is 4.99 Å². The first kappa shape index (κ1) is 20.2. The Morgan fingerprint density at radius 3 is 2.54 bits per heavy atom. The number of rotatable bonds is 3. The van der Waals surface area contributed by atoms with Crippen LogP contribution in [-0.2, 0) is 12.8 Å². The molecule has 1 aromatic heterocycles. The van der Waals surface area contributed by atoms with Crippen molar-refractivity contribution in [2.45, 2.75) is 12.8 Å². The predicted molar refractivity (Wildman–Crippen MR) is 94.7 cm³/mol. The van der Waals surface area contributed by atoms with E-state index in [1.807, 2.05) is 0 Å². The predicted octanol–water partition coefficient (Wildman–Crippen LogP) is 4.03. The van der Waals surface area contributed by atoms with Gasteiger partial charge in [-0.1, -0.05) is 41.6 Å². The van der Waals surface area contributed by atoms with Crippen LogP contribution in [0.4, 0.5) is 18.9 Å². The normalized spacial score (nSPS) is 12.2. The van der Waals surface area contributed by atoms with E-state index in [0.29, 0.717) is 11.6 Å². The number of pyridine rings is 1. The van der Waals surface area contributed by atoms with E-state index in [1.54, 1.807) is 36.6 Å². The fourth-order valence-corrected chi connectivity index (χ4v) is 2.56. The molecule has 138 valence electrons. The van der Waals surface area contributed by atoms with Gasteiger partial charge < -0.3 is 10.4 Å². The Hall–Kier alpha value is -2.10. The topological polar surface area (TPSA) is 74.6 Å². The van der Waals surface area contributed by atoms with Gasteiger partial charge >= 0.3 is 6.18 Å². The number of thioether (sulfide) groups is 1. The molecule has 2 N–H and O–H groups in total. The number of aromatic nitrogens is 1.